The van der Waals surface area contributed by atoms with Crippen molar-refractivity contribution in [2.45, 2.75) is 50.7 Å². The van der Waals surface area contributed by atoms with Crippen LogP contribution in [0.25, 0.3) is 0 Å². The summed E-state index contributed by atoms with van der Waals surface area (Å²) in [6.45, 7) is 2.83. The minimum atomic E-state index is -0.750. The van der Waals surface area contributed by atoms with E-state index in [2.05, 4.69) is 0 Å². The second-order valence-corrected chi connectivity index (χ2v) is 8.18. The van der Waals surface area contributed by atoms with E-state index in [-0.39, 0.29) is 23.6 Å². The molecule has 1 aliphatic carbocycles. The van der Waals surface area contributed by atoms with E-state index in [1.807, 2.05) is 54.3 Å². The number of piperidine rings is 1. The standard InChI is InChI=1S/C24H29NO4/c1-2-29-21-16-18(11-12-20(21)26)22-19-10-6-7-13-24(19,28)14-15-25(22)23(27)17-8-4-3-5-9-17/h3-5,8-9,11-12,16,19,22,26,28H,2,6-7,10,13-15H2,1H3. The summed E-state index contributed by atoms with van der Waals surface area (Å²) in [4.78, 5) is 15.3. The molecule has 2 N–H and O–H groups in total. The molecular formula is C24H29NO4. The normalized spacial score (nSPS) is 26.6. The van der Waals surface area contributed by atoms with Crippen molar-refractivity contribution >= 4 is 5.91 Å². The Hall–Kier alpha value is -2.53. The second-order valence-electron chi connectivity index (χ2n) is 8.18. The van der Waals surface area contributed by atoms with Gasteiger partial charge in [-0.25, -0.2) is 0 Å². The van der Waals surface area contributed by atoms with Crippen LogP contribution in [-0.2, 0) is 0 Å². The zero-order chi connectivity index (χ0) is 20.4. The lowest BCUT2D eigenvalue weighted by molar-refractivity contribution is -0.115. The first kappa shape index (κ1) is 19.8. The molecule has 1 saturated carbocycles. The van der Waals surface area contributed by atoms with Gasteiger partial charge in [-0.1, -0.05) is 37.1 Å². The van der Waals surface area contributed by atoms with Crippen molar-refractivity contribution in [2.24, 2.45) is 5.92 Å². The summed E-state index contributed by atoms with van der Waals surface area (Å²) in [7, 11) is 0. The van der Waals surface area contributed by atoms with Crippen molar-refractivity contribution in [1.82, 2.24) is 4.90 Å². The lowest BCUT2D eigenvalue weighted by Gasteiger charge is -2.52. The van der Waals surface area contributed by atoms with Gasteiger partial charge in [-0.2, -0.15) is 0 Å². The molecule has 0 spiro atoms. The van der Waals surface area contributed by atoms with E-state index >= 15 is 0 Å². The second kappa shape index (κ2) is 8.07. The van der Waals surface area contributed by atoms with E-state index in [1.54, 1.807) is 6.07 Å². The minimum Gasteiger partial charge on any atom is -0.504 e. The fourth-order valence-corrected chi connectivity index (χ4v) is 5.05. The number of nitrogens with zero attached hydrogens (tertiary/aromatic N) is 1. The smallest absolute Gasteiger partial charge is 0.254 e. The van der Waals surface area contributed by atoms with Gasteiger partial charge in [0.05, 0.1) is 18.2 Å². The van der Waals surface area contributed by atoms with E-state index in [4.69, 9.17) is 4.74 Å². The molecule has 0 radical (unpaired) electrons. The maximum atomic E-state index is 13.4. The number of aliphatic hydroxyl groups is 1. The van der Waals surface area contributed by atoms with Crippen molar-refractivity contribution in [3.05, 3.63) is 59.7 Å². The van der Waals surface area contributed by atoms with Crippen LogP contribution in [0.4, 0.5) is 0 Å². The molecule has 0 aromatic heterocycles. The van der Waals surface area contributed by atoms with Crippen molar-refractivity contribution in [1.29, 1.82) is 0 Å². The molecule has 2 aromatic carbocycles. The Labute approximate surface area is 171 Å². The Morgan fingerprint density at radius 3 is 2.72 bits per heavy atom. The first-order chi connectivity index (χ1) is 14.0. The Morgan fingerprint density at radius 2 is 1.97 bits per heavy atom. The third-order valence-electron chi connectivity index (χ3n) is 6.47. The van der Waals surface area contributed by atoms with E-state index in [0.29, 0.717) is 30.9 Å². The summed E-state index contributed by atoms with van der Waals surface area (Å²) < 4.78 is 5.59. The van der Waals surface area contributed by atoms with Gasteiger partial charge in [0.15, 0.2) is 11.5 Å². The van der Waals surface area contributed by atoms with Gasteiger partial charge in [-0.15, -0.1) is 0 Å². The fourth-order valence-electron chi connectivity index (χ4n) is 5.05. The van der Waals surface area contributed by atoms with Gasteiger partial charge in [0, 0.05) is 18.0 Å². The molecule has 3 unspecified atom stereocenters. The summed E-state index contributed by atoms with van der Waals surface area (Å²) in [5.41, 5.74) is 0.808. The molecule has 1 aliphatic heterocycles. The molecule has 1 saturated heterocycles. The SMILES string of the molecule is CCOc1cc(C2C3CCCCC3(O)CCN2C(=O)c2ccccc2)ccc1O. The molecule has 2 aliphatic rings. The number of amides is 1. The van der Waals surface area contributed by atoms with Gasteiger partial charge in [0.2, 0.25) is 0 Å². The largest absolute Gasteiger partial charge is 0.504 e. The number of carbonyl (C=O) groups excluding carboxylic acids is 1. The number of carbonyl (C=O) groups is 1. The zero-order valence-electron chi connectivity index (χ0n) is 16.9. The van der Waals surface area contributed by atoms with Gasteiger partial charge < -0.3 is 19.8 Å². The Balaban J connectivity index is 1.77. The van der Waals surface area contributed by atoms with Crippen LogP contribution in [0.1, 0.15) is 61.0 Å². The molecule has 3 atom stereocenters. The van der Waals surface area contributed by atoms with Crippen LogP contribution < -0.4 is 4.74 Å². The number of benzene rings is 2. The monoisotopic (exact) mass is 395 g/mol. The number of aromatic hydroxyl groups is 1. The number of ether oxygens (including phenoxy) is 1. The zero-order valence-corrected chi connectivity index (χ0v) is 16.9. The highest BCUT2D eigenvalue weighted by molar-refractivity contribution is 5.94. The van der Waals surface area contributed by atoms with Crippen LogP contribution in [0.2, 0.25) is 0 Å². The molecule has 1 amide bonds. The average Bonchev–Trinajstić information content (AvgIpc) is 2.74. The van der Waals surface area contributed by atoms with Crippen molar-refractivity contribution in [3.8, 4) is 11.5 Å². The molecule has 29 heavy (non-hydrogen) atoms. The third-order valence-corrected chi connectivity index (χ3v) is 6.47. The summed E-state index contributed by atoms with van der Waals surface area (Å²) in [5.74, 6) is 0.458. The van der Waals surface area contributed by atoms with E-state index in [0.717, 1.165) is 31.2 Å². The summed E-state index contributed by atoms with van der Waals surface area (Å²) in [6, 6.07) is 14.4. The number of rotatable bonds is 4. The van der Waals surface area contributed by atoms with E-state index in [9.17, 15) is 15.0 Å². The predicted octanol–water partition coefficient (Wildman–Crippen LogP) is 4.30. The number of phenols is 1. The molecule has 4 rings (SSSR count). The molecule has 154 valence electrons. The van der Waals surface area contributed by atoms with Gasteiger partial charge in [-0.05, 0) is 56.0 Å². The predicted molar refractivity (Wildman–Crippen MR) is 111 cm³/mol. The van der Waals surface area contributed by atoms with E-state index < -0.39 is 5.60 Å². The van der Waals surface area contributed by atoms with Crippen molar-refractivity contribution in [3.63, 3.8) is 0 Å². The maximum absolute atomic E-state index is 13.4. The topological polar surface area (TPSA) is 70.0 Å². The minimum absolute atomic E-state index is 0.0192. The lowest BCUT2D eigenvalue weighted by atomic mass is 9.66. The van der Waals surface area contributed by atoms with Crippen LogP contribution in [-0.4, -0.2) is 39.8 Å². The Morgan fingerprint density at radius 1 is 1.17 bits per heavy atom. The van der Waals surface area contributed by atoms with Crippen LogP contribution >= 0.6 is 0 Å². The highest BCUT2D eigenvalue weighted by Gasteiger charge is 2.50. The van der Waals surface area contributed by atoms with Gasteiger partial charge >= 0.3 is 0 Å². The Bertz CT molecular complexity index is 868. The average molecular weight is 395 g/mol. The lowest BCUT2D eigenvalue weighted by Crippen LogP contribution is -2.56. The number of likely N-dealkylation sites (tertiary alicyclic amines) is 1. The van der Waals surface area contributed by atoms with Crippen LogP contribution in [0, 0.1) is 5.92 Å². The van der Waals surface area contributed by atoms with Crippen molar-refractivity contribution < 1.29 is 19.7 Å². The summed E-state index contributed by atoms with van der Waals surface area (Å²) >= 11 is 0. The molecule has 5 heteroatoms. The molecular weight excluding hydrogens is 366 g/mol. The number of hydrogen-bond acceptors (Lipinski definition) is 4. The van der Waals surface area contributed by atoms with Crippen LogP contribution in [0.5, 0.6) is 11.5 Å². The van der Waals surface area contributed by atoms with Crippen LogP contribution in [0.15, 0.2) is 48.5 Å². The molecule has 1 heterocycles. The maximum Gasteiger partial charge on any atom is 0.254 e. The van der Waals surface area contributed by atoms with Gasteiger partial charge in [0.25, 0.3) is 5.91 Å². The summed E-state index contributed by atoms with van der Waals surface area (Å²) in [6.07, 6.45) is 4.32. The summed E-state index contributed by atoms with van der Waals surface area (Å²) in [5, 5.41) is 21.5. The quantitative estimate of drug-likeness (QED) is 0.810. The van der Waals surface area contributed by atoms with E-state index in [1.165, 1.54) is 0 Å². The number of fused-ring (bicyclic) bond motifs is 1. The molecule has 2 fully saturated rings. The van der Waals surface area contributed by atoms with Crippen LogP contribution in [0.3, 0.4) is 0 Å². The first-order valence-corrected chi connectivity index (χ1v) is 10.6. The fraction of sp³-hybridized carbons (Fsp3) is 0.458. The number of phenolic OH excluding ortho intramolecular Hbond substituents is 1. The van der Waals surface area contributed by atoms with Crippen molar-refractivity contribution in [2.75, 3.05) is 13.2 Å². The highest BCUT2D eigenvalue weighted by atomic mass is 16.5. The first-order valence-electron chi connectivity index (χ1n) is 10.6. The van der Waals surface area contributed by atoms with Gasteiger partial charge in [0.1, 0.15) is 0 Å². The number of hydrogen-bond donors (Lipinski definition) is 2. The molecule has 2 aromatic rings. The Kier molecular flexibility index (Phi) is 5.50. The third kappa shape index (κ3) is 3.71. The molecule has 5 nitrogen and oxygen atoms in total. The molecule has 0 bridgehead atoms. The highest BCUT2D eigenvalue weighted by Crippen LogP contribution is 2.50. The van der Waals surface area contributed by atoms with Gasteiger partial charge in [-0.3, -0.25) is 4.79 Å².